The van der Waals surface area contributed by atoms with E-state index in [1.807, 2.05) is 35.7 Å². The molecule has 27 heavy (non-hydrogen) atoms. The molecule has 0 amide bonds. The molecular weight excluding hydrogens is 405 g/mol. The van der Waals surface area contributed by atoms with Crippen LogP contribution < -0.4 is 0 Å². The average Bonchev–Trinajstić information content (AvgIpc) is 3.26. The molecule has 2 heterocycles. The number of benzene rings is 2. The minimum absolute atomic E-state index is 0.0805. The largest absolute Gasteiger partial charge is 0.481 e. The first-order valence-corrected chi connectivity index (χ1v) is 10.0. The number of thiophene rings is 1. The van der Waals surface area contributed by atoms with Crippen molar-refractivity contribution < 1.29 is 9.90 Å². The molecule has 4 rings (SSSR count). The SMILES string of the molecule is Cn1nnc2c(Cl)c(C(CC(=O)O)c3cc(CCl)c4sccc4c3)ccc21. The monoisotopic (exact) mass is 419 g/mol. The number of hydrogen-bond donors (Lipinski definition) is 1. The number of carboxylic acid groups (broad SMARTS) is 1. The van der Waals surface area contributed by atoms with E-state index in [0.29, 0.717) is 16.4 Å². The molecule has 1 N–H and O–H groups in total. The van der Waals surface area contributed by atoms with Gasteiger partial charge in [0.1, 0.15) is 5.52 Å². The predicted octanol–water partition coefficient (Wildman–Crippen LogP) is 5.18. The highest BCUT2D eigenvalue weighted by Gasteiger charge is 2.24. The first kappa shape index (κ1) is 18.2. The molecule has 0 saturated heterocycles. The van der Waals surface area contributed by atoms with Gasteiger partial charge >= 0.3 is 5.97 Å². The fourth-order valence-electron chi connectivity index (χ4n) is 3.42. The summed E-state index contributed by atoms with van der Waals surface area (Å²) in [5.74, 6) is -0.942. The number of aryl methyl sites for hydroxylation is 1. The zero-order valence-corrected chi connectivity index (χ0v) is 16.6. The molecule has 0 saturated carbocycles. The number of carbonyl (C=O) groups is 1. The first-order valence-electron chi connectivity index (χ1n) is 8.25. The van der Waals surface area contributed by atoms with Crippen LogP contribution in [0.1, 0.15) is 29.0 Å². The molecule has 1 unspecified atom stereocenters. The lowest BCUT2D eigenvalue weighted by atomic mass is 9.87. The van der Waals surface area contributed by atoms with Gasteiger partial charge in [-0.1, -0.05) is 28.9 Å². The summed E-state index contributed by atoms with van der Waals surface area (Å²) in [6.45, 7) is 0. The van der Waals surface area contributed by atoms with Crippen molar-refractivity contribution in [1.29, 1.82) is 0 Å². The summed E-state index contributed by atoms with van der Waals surface area (Å²) in [7, 11) is 1.79. The third-order valence-corrected chi connectivity index (χ3v) is 6.39. The van der Waals surface area contributed by atoms with Gasteiger partial charge in [-0.2, -0.15) is 0 Å². The molecule has 0 fully saturated rings. The quantitative estimate of drug-likeness (QED) is 0.452. The Morgan fingerprint density at radius 2 is 2.15 bits per heavy atom. The van der Waals surface area contributed by atoms with Crippen LogP contribution >= 0.6 is 34.5 Å². The number of carboxylic acids is 1. The lowest BCUT2D eigenvalue weighted by molar-refractivity contribution is -0.137. The summed E-state index contributed by atoms with van der Waals surface area (Å²) in [4.78, 5) is 11.6. The van der Waals surface area contributed by atoms with Crippen molar-refractivity contribution >= 4 is 61.6 Å². The van der Waals surface area contributed by atoms with E-state index in [9.17, 15) is 9.90 Å². The second-order valence-corrected chi connectivity index (χ2v) is 7.91. The van der Waals surface area contributed by atoms with Crippen molar-refractivity contribution in [3.8, 4) is 0 Å². The lowest BCUT2D eigenvalue weighted by Gasteiger charge is -2.19. The number of aliphatic carboxylic acids is 1. The molecule has 0 aliphatic heterocycles. The Labute approximate surface area is 169 Å². The Morgan fingerprint density at radius 3 is 2.89 bits per heavy atom. The molecule has 0 spiro atoms. The standard InChI is InChI=1S/C19H15Cl2N3O2S/c1-24-15-3-2-13(17(21)18(15)22-23-24)14(8-16(25)26)11-6-10-4-5-27-19(10)12(7-11)9-20/h2-7,14H,8-9H2,1H3,(H,25,26). The van der Waals surface area contributed by atoms with E-state index in [2.05, 4.69) is 10.3 Å². The van der Waals surface area contributed by atoms with Crippen LogP contribution in [0.25, 0.3) is 21.1 Å². The van der Waals surface area contributed by atoms with Gasteiger partial charge in [-0.25, -0.2) is 4.68 Å². The maximum absolute atomic E-state index is 11.6. The lowest BCUT2D eigenvalue weighted by Crippen LogP contribution is -2.09. The van der Waals surface area contributed by atoms with E-state index in [0.717, 1.165) is 32.3 Å². The Hall–Kier alpha value is -2.15. The summed E-state index contributed by atoms with van der Waals surface area (Å²) in [6, 6.07) is 9.75. The molecule has 0 aliphatic rings. The van der Waals surface area contributed by atoms with E-state index in [1.165, 1.54) is 0 Å². The van der Waals surface area contributed by atoms with Gasteiger partial charge < -0.3 is 5.11 Å². The van der Waals surface area contributed by atoms with Crippen molar-refractivity contribution in [2.75, 3.05) is 0 Å². The van der Waals surface area contributed by atoms with Gasteiger partial charge in [0.25, 0.3) is 0 Å². The van der Waals surface area contributed by atoms with Crippen molar-refractivity contribution in [3.63, 3.8) is 0 Å². The molecule has 138 valence electrons. The predicted molar refractivity (Wildman–Crippen MR) is 109 cm³/mol. The molecule has 2 aromatic carbocycles. The summed E-state index contributed by atoms with van der Waals surface area (Å²) < 4.78 is 2.76. The molecule has 2 aromatic heterocycles. The van der Waals surface area contributed by atoms with Crippen LogP contribution in [-0.2, 0) is 17.7 Å². The van der Waals surface area contributed by atoms with Gasteiger partial charge in [0.2, 0.25) is 0 Å². The molecule has 8 heteroatoms. The zero-order valence-electron chi connectivity index (χ0n) is 14.3. The third-order valence-electron chi connectivity index (χ3n) is 4.70. The first-order chi connectivity index (χ1) is 13.0. The minimum Gasteiger partial charge on any atom is -0.481 e. The van der Waals surface area contributed by atoms with Crippen LogP contribution in [-0.4, -0.2) is 26.1 Å². The maximum Gasteiger partial charge on any atom is 0.304 e. The fraction of sp³-hybridized carbons (Fsp3) is 0.211. The maximum atomic E-state index is 11.6. The molecule has 0 radical (unpaired) electrons. The van der Waals surface area contributed by atoms with Gasteiger partial charge in [-0.15, -0.1) is 28.0 Å². The third kappa shape index (κ3) is 3.18. The number of nitrogens with zero attached hydrogens (tertiary/aromatic N) is 3. The van der Waals surface area contributed by atoms with E-state index in [-0.39, 0.29) is 6.42 Å². The summed E-state index contributed by atoms with van der Waals surface area (Å²) in [6.07, 6.45) is -0.0805. The fourth-order valence-corrected chi connectivity index (χ4v) is 4.94. The van der Waals surface area contributed by atoms with E-state index in [4.69, 9.17) is 23.2 Å². The van der Waals surface area contributed by atoms with Crippen LogP contribution in [0.3, 0.4) is 0 Å². The second kappa shape index (κ2) is 7.11. The highest BCUT2D eigenvalue weighted by atomic mass is 35.5. The highest BCUT2D eigenvalue weighted by Crippen LogP contribution is 2.39. The van der Waals surface area contributed by atoms with Gasteiger partial charge in [0, 0.05) is 23.5 Å². The Balaban J connectivity index is 1.92. The van der Waals surface area contributed by atoms with Gasteiger partial charge in [-0.05, 0) is 45.7 Å². The normalized spacial score (nSPS) is 12.7. The minimum atomic E-state index is -0.895. The van der Waals surface area contributed by atoms with Crippen molar-refractivity contribution in [2.45, 2.75) is 18.2 Å². The Morgan fingerprint density at radius 1 is 1.33 bits per heavy atom. The molecule has 0 bridgehead atoms. The topological polar surface area (TPSA) is 68.0 Å². The summed E-state index contributed by atoms with van der Waals surface area (Å²) in [5, 5.41) is 21.1. The summed E-state index contributed by atoms with van der Waals surface area (Å²) >= 11 is 14.4. The van der Waals surface area contributed by atoms with Gasteiger partial charge in [0.05, 0.1) is 17.0 Å². The molecule has 5 nitrogen and oxygen atoms in total. The summed E-state index contributed by atoms with van der Waals surface area (Å²) in [5.41, 5.74) is 3.96. The number of hydrogen-bond acceptors (Lipinski definition) is 4. The van der Waals surface area contributed by atoms with Gasteiger partial charge in [-0.3, -0.25) is 4.79 Å². The molecular formula is C19H15Cl2N3O2S. The number of fused-ring (bicyclic) bond motifs is 2. The Bertz CT molecular complexity index is 1170. The number of halogens is 2. The van der Waals surface area contributed by atoms with Crippen molar-refractivity contribution in [1.82, 2.24) is 15.0 Å². The average molecular weight is 420 g/mol. The van der Waals surface area contributed by atoms with Crippen LogP contribution in [0.15, 0.2) is 35.7 Å². The van der Waals surface area contributed by atoms with Crippen LogP contribution in [0.4, 0.5) is 0 Å². The molecule has 1 atom stereocenters. The van der Waals surface area contributed by atoms with Gasteiger partial charge in [0.15, 0.2) is 0 Å². The van der Waals surface area contributed by atoms with Crippen LogP contribution in [0, 0.1) is 0 Å². The van der Waals surface area contributed by atoms with Crippen molar-refractivity contribution in [2.24, 2.45) is 7.05 Å². The second-order valence-electron chi connectivity index (χ2n) is 6.35. The zero-order chi connectivity index (χ0) is 19.1. The number of alkyl halides is 1. The van der Waals surface area contributed by atoms with Crippen LogP contribution in [0.5, 0.6) is 0 Å². The van der Waals surface area contributed by atoms with E-state index in [1.54, 1.807) is 23.1 Å². The molecule has 4 aromatic rings. The number of aromatic nitrogens is 3. The highest BCUT2D eigenvalue weighted by molar-refractivity contribution is 7.17. The smallest absolute Gasteiger partial charge is 0.304 e. The van der Waals surface area contributed by atoms with Crippen molar-refractivity contribution in [3.05, 3.63) is 57.4 Å². The number of rotatable bonds is 5. The van der Waals surface area contributed by atoms with E-state index >= 15 is 0 Å². The molecule has 0 aliphatic carbocycles. The van der Waals surface area contributed by atoms with Crippen LogP contribution in [0.2, 0.25) is 5.02 Å². The Kier molecular flexibility index (Phi) is 4.80. The van der Waals surface area contributed by atoms with E-state index < -0.39 is 11.9 Å².